The van der Waals surface area contributed by atoms with Crippen LogP contribution in [-0.4, -0.2) is 34.9 Å². The van der Waals surface area contributed by atoms with Crippen molar-refractivity contribution in [3.63, 3.8) is 0 Å². The zero-order valence-corrected chi connectivity index (χ0v) is 27.8. The molecule has 1 amide bonds. The van der Waals surface area contributed by atoms with Crippen LogP contribution in [0.4, 0.5) is 0 Å². The van der Waals surface area contributed by atoms with Gasteiger partial charge in [-0.15, -0.1) is 0 Å². The van der Waals surface area contributed by atoms with Crippen molar-refractivity contribution in [3.8, 4) is 0 Å². The minimum Gasteiger partial charge on any atom is -0.394 e. The van der Waals surface area contributed by atoms with Gasteiger partial charge in [-0.1, -0.05) is 167 Å². The van der Waals surface area contributed by atoms with E-state index in [0.29, 0.717) is 12.8 Å². The van der Waals surface area contributed by atoms with Crippen molar-refractivity contribution in [2.75, 3.05) is 6.61 Å². The Morgan fingerprint density at radius 2 is 0.927 bits per heavy atom. The summed E-state index contributed by atoms with van der Waals surface area (Å²) in [4.78, 5) is 12.3. The van der Waals surface area contributed by atoms with E-state index in [9.17, 15) is 15.0 Å². The summed E-state index contributed by atoms with van der Waals surface area (Å²) in [5.41, 5.74) is 0. The Morgan fingerprint density at radius 1 is 0.561 bits per heavy atom. The quantitative estimate of drug-likeness (QED) is 0.0535. The number of carbonyl (C=O) groups excluding carboxylic acids is 1. The van der Waals surface area contributed by atoms with Gasteiger partial charge in [0.15, 0.2) is 0 Å². The van der Waals surface area contributed by atoms with Crippen LogP contribution in [0.3, 0.4) is 0 Å². The van der Waals surface area contributed by atoms with Gasteiger partial charge in [0.25, 0.3) is 0 Å². The molecule has 3 N–H and O–H groups in total. The van der Waals surface area contributed by atoms with Crippen molar-refractivity contribution in [1.82, 2.24) is 5.32 Å². The van der Waals surface area contributed by atoms with E-state index in [1.165, 1.54) is 141 Å². The Kier molecular flexibility index (Phi) is 32.9. The summed E-state index contributed by atoms with van der Waals surface area (Å²) in [5.74, 6) is -0.0400. The average molecular weight is 580 g/mol. The lowest BCUT2D eigenvalue weighted by Gasteiger charge is -2.22. The first kappa shape index (κ1) is 40.1. The smallest absolute Gasteiger partial charge is 0.220 e. The Morgan fingerprint density at radius 3 is 1.34 bits per heavy atom. The fourth-order valence-electron chi connectivity index (χ4n) is 5.65. The van der Waals surface area contributed by atoms with Crippen LogP contribution in [0.25, 0.3) is 0 Å². The molecule has 0 fully saturated rings. The van der Waals surface area contributed by atoms with Crippen LogP contribution >= 0.6 is 0 Å². The first-order valence-corrected chi connectivity index (χ1v) is 18.4. The van der Waals surface area contributed by atoms with Gasteiger partial charge in [0.1, 0.15) is 0 Å². The summed E-state index contributed by atoms with van der Waals surface area (Å²) in [6, 6.07) is -0.545. The number of nitrogens with one attached hydrogen (secondary N) is 1. The van der Waals surface area contributed by atoms with Crippen molar-refractivity contribution in [2.24, 2.45) is 0 Å². The van der Waals surface area contributed by atoms with Gasteiger partial charge in [-0.25, -0.2) is 0 Å². The second kappa shape index (κ2) is 33.6. The average Bonchev–Trinajstić information content (AvgIpc) is 2.97. The van der Waals surface area contributed by atoms with Crippen LogP contribution in [0, 0.1) is 0 Å². The van der Waals surface area contributed by atoms with Gasteiger partial charge in [0.2, 0.25) is 5.91 Å². The molecule has 244 valence electrons. The van der Waals surface area contributed by atoms with E-state index in [-0.39, 0.29) is 12.5 Å². The highest BCUT2D eigenvalue weighted by Gasteiger charge is 2.19. The lowest BCUT2D eigenvalue weighted by molar-refractivity contribution is -0.123. The van der Waals surface area contributed by atoms with E-state index < -0.39 is 12.1 Å². The number of unbranched alkanes of at least 4 members (excludes halogenated alkanes) is 24. The highest BCUT2D eigenvalue weighted by atomic mass is 16.3. The van der Waals surface area contributed by atoms with Crippen LogP contribution in [0.15, 0.2) is 12.2 Å². The summed E-state index contributed by atoms with van der Waals surface area (Å²) in [6.07, 6.45) is 39.8. The van der Waals surface area contributed by atoms with E-state index >= 15 is 0 Å². The normalized spacial score (nSPS) is 13.2. The molecule has 0 spiro atoms. The second-order valence-corrected chi connectivity index (χ2v) is 12.6. The molecule has 4 heteroatoms. The molecule has 0 rings (SSSR count). The minimum absolute atomic E-state index is 0.0400. The van der Waals surface area contributed by atoms with Gasteiger partial charge in [0.05, 0.1) is 18.8 Å². The largest absolute Gasteiger partial charge is 0.394 e. The van der Waals surface area contributed by atoms with E-state index in [4.69, 9.17) is 0 Å². The summed E-state index contributed by atoms with van der Waals surface area (Å²) in [7, 11) is 0. The van der Waals surface area contributed by atoms with Crippen molar-refractivity contribution in [3.05, 3.63) is 12.2 Å². The highest BCUT2D eigenvalue weighted by molar-refractivity contribution is 5.76. The summed E-state index contributed by atoms with van der Waals surface area (Å²) >= 11 is 0. The molecule has 0 saturated heterocycles. The number of amides is 1. The summed E-state index contributed by atoms with van der Waals surface area (Å²) in [5, 5.41) is 23.0. The monoisotopic (exact) mass is 580 g/mol. The second-order valence-electron chi connectivity index (χ2n) is 12.6. The molecule has 0 bridgehead atoms. The van der Waals surface area contributed by atoms with Crippen LogP contribution in [0.1, 0.15) is 200 Å². The first-order chi connectivity index (χ1) is 20.2. The molecule has 0 aliphatic rings. The molecule has 0 aliphatic carbocycles. The molecule has 0 aromatic rings. The van der Waals surface area contributed by atoms with E-state index in [1.54, 1.807) is 0 Å². The van der Waals surface area contributed by atoms with Crippen molar-refractivity contribution in [2.45, 2.75) is 212 Å². The molecule has 0 heterocycles. The Bertz CT molecular complexity index is 550. The number of carbonyl (C=O) groups is 1. The number of aliphatic hydroxyl groups is 2. The molecule has 2 atom stereocenters. The van der Waals surface area contributed by atoms with Crippen molar-refractivity contribution in [1.29, 1.82) is 0 Å². The summed E-state index contributed by atoms with van der Waals surface area (Å²) < 4.78 is 0. The Labute approximate surface area is 256 Å². The number of allylic oxidation sites excluding steroid dienone is 2. The third-order valence-electron chi connectivity index (χ3n) is 8.53. The van der Waals surface area contributed by atoms with Gasteiger partial charge < -0.3 is 15.5 Å². The molecular weight excluding hydrogens is 506 g/mol. The predicted molar refractivity (Wildman–Crippen MR) is 179 cm³/mol. The highest BCUT2D eigenvalue weighted by Crippen LogP contribution is 2.15. The maximum Gasteiger partial charge on any atom is 0.220 e. The fraction of sp³-hybridized carbons (Fsp3) is 0.919. The predicted octanol–water partition coefficient (Wildman–Crippen LogP) is 10.7. The third kappa shape index (κ3) is 30.4. The number of rotatable bonds is 33. The molecule has 0 unspecified atom stereocenters. The van der Waals surface area contributed by atoms with Crippen LogP contribution in [0.2, 0.25) is 0 Å². The lowest BCUT2D eigenvalue weighted by atomic mass is 10.0. The molecule has 0 aliphatic heterocycles. The van der Waals surface area contributed by atoms with Gasteiger partial charge >= 0.3 is 0 Å². The van der Waals surface area contributed by atoms with Gasteiger partial charge in [-0.05, 0) is 38.5 Å². The number of hydrogen-bond acceptors (Lipinski definition) is 3. The fourth-order valence-corrected chi connectivity index (χ4v) is 5.65. The number of aliphatic hydroxyl groups excluding tert-OH is 2. The Hall–Kier alpha value is -0.870. The van der Waals surface area contributed by atoms with Crippen LogP contribution < -0.4 is 5.32 Å². The Balaban J connectivity index is 3.57. The van der Waals surface area contributed by atoms with E-state index in [1.807, 2.05) is 0 Å². The minimum atomic E-state index is -0.675. The molecule has 0 saturated carbocycles. The lowest BCUT2D eigenvalue weighted by Crippen LogP contribution is -2.45. The SMILES string of the molecule is CCCCCCCCC/C=C\CCCC[C@@H](O)[C@H](CO)NC(=O)CCCCCCCCCCCCCCCCCC. The van der Waals surface area contributed by atoms with E-state index in [0.717, 1.165) is 32.1 Å². The van der Waals surface area contributed by atoms with Crippen LogP contribution in [0.5, 0.6) is 0 Å². The van der Waals surface area contributed by atoms with Crippen molar-refractivity contribution >= 4 is 5.91 Å². The third-order valence-corrected chi connectivity index (χ3v) is 8.53. The maximum absolute atomic E-state index is 12.3. The standard InChI is InChI=1S/C37H73NO3/c1-3-5-7-9-11-13-15-17-18-19-21-23-25-27-29-31-33-37(41)38-35(34-39)36(40)32-30-28-26-24-22-20-16-14-12-10-8-6-4-2/h22,24,35-36,39-40H,3-21,23,25-34H2,1-2H3,(H,38,41)/b24-22-/t35-,36+/m0/s1. The zero-order valence-electron chi connectivity index (χ0n) is 27.8. The van der Waals surface area contributed by atoms with Gasteiger partial charge in [-0.2, -0.15) is 0 Å². The molecule has 0 radical (unpaired) electrons. The van der Waals surface area contributed by atoms with Crippen molar-refractivity contribution < 1.29 is 15.0 Å². The molecule has 4 nitrogen and oxygen atoms in total. The molecule has 41 heavy (non-hydrogen) atoms. The first-order valence-electron chi connectivity index (χ1n) is 18.4. The van der Waals surface area contributed by atoms with Gasteiger partial charge in [-0.3, -0.25) is 4.79 Å². The molecular formula is C37H73NO3. The van der Waals surface area contributed by atoms with E-state index in [2.05, 4.69) is 31.3 Å². The summed E-state index contributed by atoms with van der Waals surface area (Å²) in [6.45, 7) is 4.34. The van der Waals surface area contributed by atoms with Gasteiger partial charge in [0, 0.05) is 6.42 Å². The van der Waals surface area contributed by atoms with Crippen LogP contribution in [-0.2, 0) is 4.79 Å². The molecule has 0 aromatic heterocycles. The molecule has 0 aromatic carbocycles. The maximum atomic E-state index is 12.3. The number of hydrogen-bond donors (Lipinski definition) is 3. The zero-order chi connectivity index (χ0) is 30.1. The topological polar surface area (TPSA) is 69.6 Å².